The van der Waals surface area contributed by atoms with E-state index >= 15 is 0 Å². The van der Waals surface area contributed by atoms with E-state index in [0.717, 1.165) is 36.6 Å². The van der Waals surface area contributed by atoms with Gasteiger partial charge in [-0.25, -0.2) is 9.97 Å². The topological polar surface area (TPSA) is 63.8 Å². The summed E-state index contributed by atoms with van der Waals surface area (Å²) >= 11 is 0. The van der Waals surface area contributed by atoms with E-state index in [0.29, 0.717) is 11.9 Å². The van der Waals surface area contributed by atoms with E-state index in [1.54, 1.807) is 6.33 Å². The Morgan fingerprint density at radius 2 is 2.00 bits per heavy atom. The van der Waals surface area contributed by atoms with Gasteiger partial charge in [-0.2, -0.15) is 0 Å². The highest BCUT2D eigenvalue weighted by Crippen LogP contribution is 2.30. The summed E-state index contributed by atoms with van der Waals surface area (Å²) in [6.07, 6.45) is 11.5. The van der Waals surface area contributed by atoms with Gasteiger partial charge in [0.2, 0.25) is 0 Å². The Labute approximate surface area is 122 Å². The molecule has 1 aromatic heterocycles. The van der Waals surface area contributed by atoms with Crippen LogP contribution in [0.4, 0.5) is 11.6 Å². The van der Waals surface area contributed by atoms with Gasteiger partial charge >= 0.3 is 0 Å². The summed E-state index contributed by atoms with van der Waals surface area (Å²) < 4.78 is 0. The Morgan fingerprint density at radius 3 is 2.65 bits per heavy atom. The van der Waals surface area contributed by atoms with Gasteiger partial charge in [0.05, 0.1) is 0 Å². The fraction of sp³-hybridized carbons (Fsp3) is 0.750. The van der Waals surface area contributed by atoms with Crippen LogP contribution in [0.25, 0.3) is 0 Å². The minimum atomic E-state index is 0.514. The molecule has 1 saturated carbocycles. The maximum absolute atomic E-state index is 6.01. The van der Waals surface area contributed by atoms with Gasteiger partial charge in [0.15, 0.2) is 0 Å². The number of rotatable bonds is 6. The van der Waals surface area contributed by atoms with Crippen molar-refractivity contribution in [1.29, 1.82) is 0 Å². The van der Waals surface area contributed by atoms with Crippen LogP contribution in [0.15, 0.2) is 6.33 Å². The molecule has 1 fully saturated rings. The quantitative estimate of drug-likeness (QED) is 0.830. The van der Waals surface area contributed by atoms with Gasteiger partial charge in [-0.1, -0.05) is 39.5 Å². The first-order valence-electron chi connectivity index (χ1n) is 8.12. The van der Waals surface area contributed by atoms with Gasteiger partial charge in [0.25, 0.3) is 0 Å². The molecule has 0 aliphatic heterocycles. The molecule has 0 aromatic carbocycles. The molecule has 4 heteroatoms. The lowest BCUT2D eigenvalue weighted by molar-refractivity contribution is 0.312. The molecule has 0 saturated heterocycles. The monoisotopic (exact) mass is 276 g/mol. The van der Waals surface area contributed by atoms with E-state index in [4.69, 9.17) is 5.73 Å². The third-order valence-electron chi connectivity index (χ3n) is 4.46. The maximum Gasteiger partial charge on any atom is 0.134 e. The third kappa shape index (κ3) is 3.62. The Morgan fingerprint density at radius 1 is 1.25 bits per heavy atom. The van der Waals surface area contributed by atoms with E-state index in [1.165, 1.54) is 32.1 Å². The highest BCUT2D eigenvalue weighted by atomic mass is 15.1. The normalized spacial score (nSPS) is 17.9. The molecule has 1 atom stereocenters. The van der Waals surface area contributed by atoms with Crippen LogP contribution in [0.3, 0.4) is 0 Å². The number of hydrogen-bond acceptors (Lipinski definition) is 4. The van der Waals surface area contributed by atoms with Crippen LogP contribution in [0.5, 0.6) is 0 Å². The summed E-state index contributed by atoms with van der Waals surface area (Å²) in [5, 5.41) is 3.66. The maximum atomic E-state index is 6.01. The van der Waals surface area contributed by atoms with Crippen LogP contribution in [0, 0.1) is 5.92 Å². The van der Waals surface area contributed by atoms with E-state index in [1.807, 2.05) is 0 Å². The molecule has 20 heavy (non-hydrogen) atoms. The van der Waals surface area contributed by atoms with Gasteiger partial charge < -0.3 is 11.1 Å². The van der Waals surface area contributed by atoms with E-state index < -0.39 is 0 Å². The van der Waals surface area contributed by atoms with Crippen molar-refractivity contribution in [1.82, 2.24) is 9.97 Å². The highest BCUT2D eigenvalue weighted by molar-refractivity contribution is 5.55. The molecule has 4 nitrogen and oxygen atoms in total. The van der Waals surface area contributed by atoms with Gasteiger partial charge in [-0.05, 0) is 31.6 Å². The van der Waals surface area contributed by atoms with Crippen LogP contribution in [-0.2, 0) is 6.42 Å². The molecule has 1 aromatic rings. The predicted molar refractivity (Wildman–Crippen MR) is 84.7 cm³/mol. The predicted octanol–water partition coefficient (Wildman–Crippen LogP) is 3.78. The first-order valence-corrected chi connectivity index (χ1v) is 8.12. The molecule has 0 bridgehead atoms. The zero-order valence-electron chi connectivity index (χ0n) is 12.9. The average Bonchev–Trinajstić information content (AvgIpc) is 2.49. The molecular formula is C16H28N4. The molecule has 3 N–H and O–H groups in total. The lowest BCUT2D eigenvalue weighted by Gasteiger charge is -2.31. The minimum absolute atomic E-state index is 0.514. The molecule has 0 amide bonds. The molecule has 0 radical (unpaired) electrons. The van der Waals surface area contributed by atoms with Crippen molar-refractivity contribution in [3.8, 4) is 0 Å². The van der Waals surface area contributed by atoms with Crippen molar-refractivity contribution in [3.05, 3.63) is 11.9 Å². The van der Waals surface area contributed by atoms with Gasteiger partial charge in [-0.3, -0.25) is 0 Å². The second-order valence-corrected chi connectivity index (χ2v) is 5.89. The summed E-state index contributed by atoms with van der Waals surface area (Å²) in [4.78, 5) is 8.57. The second kappa shape index (κ2) is 7.46. The fourth-order valence-electron chi connectivity index (χ4n) is 3.31. The van der Waals surface area contributed by atoms with Crippen molar-refractivity contribution in [2.45, 2.75) is 71.3 Å². The van der Waals surface area contributed by atoms with Crippen molar-refractivity contribution < 1.29 is 0 Å². The van der Waals surface area contributed by atoms with Crippen LogP contribution >= 0.6 is 0 Å². The lowest BCUT2D eigenvalue weighted by Crippen LogP contribution is -2.31. The molecule has 1 aliphatic rings. The van der Waals surface area contributed by atoms with Crippen molar-refractivity contribution in [3.63, 3.8) is 0 Å². The smallest absolute Gasteiger partial charge is 0.134 e. The summed E-state index contributed by atoms with van der Waals surface area (Å²) in [5.74, 6) is 2.36. The molecule has 112 valence electrons. The van der Waals surface area contributed by atoms with Crippen LogP contribution in [0.2, 0.25) is 0 Å². The van der Waals surface area contributed by atoms with Gasteiger partial charge in [-0.15, -0.1) is 0 Å². The second-order valence-electron chi connectivity index (χ2n) is 5.89. The first kappa shape index (κ1) is 15.1. The molecule has 0 spiro atoms. The number of aromatic nitrogens is 2. The molecular weight excluding hydrogens is 248 g/mol. The Balaban J connectivity index is 2.12. The summed E-state index contributed by atoms with van der Waals surface area (Å²) in [6.45, 7) is 4.42. The van der Waals surface area contributed by atoms with Crippen LogP contribution < -0.4 is 11.1 Å². The summed E-state index contributed by atoms with van der Waals surface area (Å²) in [5.41, 5.74) is 7.10. The average molecular weight is 276 g/mol. The summed E-state index contributed by atoms with van der Waals surface area (Å²) in [6, 6.07) is 0.514. The molecule has 1 aliphatic carbocycles. The summed E-state index contributed by atoms with van der Waals surface area (Å²) in [7, 11) is 0. The number of anilines is 2. The zero-order valence-corrected chi connectivity index (χ0v) is 12.9. The molecule has 1 unspecified atom stereocenters. The van der Waals surface area contributed by atoms with Crippen molar-refractivity contribution >= 4 is 11.6 Å². The lowest BCUT2D eigenvalue weighted by atomic mass is 9.83. The number of nitrogens with zero attached hydrogens (tertiary/aromatic N) is 2. The first-order chi connectivity index (χ1) is 9.76. The van der Waals surface area contributed by atoms with E-state index in [2.05, 4.69) is 29.1 Å². The van der Waals surface area contributed by atoms with Gasteiger partial charge in [0.1, 0.15) is 18.0 Å². The number of nitrogens with two attached hydrogens (primary N) is 1. The van der Waals surface area contributed by atoms with E-state index in [-0.39, 0.29) is 0 Å². The fourth-order valence-corrected chi connectivity index (χ4v) is 3.31. The highest BCUT2D eigenvalue weighted by Gasteiger charge is 2.23. The minimum Gasteiger partial charge on any atom is -0.383 e. The zero-order chi connectivity index (χ0) is 14.4. The van der Waals surface area contributed by atoms with Crippen LogP contribution in [-0.4, -0.2) is 16.0 Å². The standard InChI is InChI=1S/C16H28N4/c1-3-8-13-15(17)18-11-19-16(13)20-14(4-2)12-9-6-5-7-10-12/h11-12,14H,3-10H2,1-2H3,(H3,17,18,19,20). The number of hydrogen-bond donors (Lipinski definition) is 2. The Bertz CT molecular complexity index is 413. The molecule has 1 heterocycles. The Kier molecular flexibility index (Phi) is 5.62. The Hall–Kier alpha value is -1.32. The van der Waals surface area contributed by atoms with Gasteiger partial charge in [0, 0.05) is 11.6 Å². The van der Waals surface area contributed by atoms with Crippen molar-refractivity contribution in [2.24, 2.45) is 5.92 Å². The van der Waals surface area contributed by atoms with Crippen molar-refractivity contribution in [2.75, 3.05) is 11.1 Å². The molecule has 2 rings (SSSR count). The van der Waals surface area contributed by atoms with Crippen LogP contribution in [0.1, 0.15) is 64.4 Å². The SMILES string of the molecule is CCCc1c(N)ncnc1NC(CC)C1CCCCC1. The number of nitrogen functional groups attached to an aromatic ring is 1. The van der Waals surface area contributed by atoms with E-state index in [9.17, 15) is 0 Å². The largest absolute Gasteiger partial charge is 0.383 e. The third-order valence-corrected chi connectivity index (χ3v) is 4.46. The number of nitrogens with one attached hydrogen (secondary N) is 1.